The zero-order valence-electron chi connectivity index (χ0n) is 11.3. The molecule has 0 aliphatic heterocycles. The Kier molecular flexibility index (Phi) is 4.46. The van der Waals surface area contributed by atoms with Crippen molar-refractivity contribution in [1.82, 2.24) is 10.3 Å². The molecule has 0 bridgehead atoms. The lowest BCUT2D eigenvalue weighted by Gasteiger charge is -2.21. The monoisotopic (exact) mass is 292 g/mol. The third kappa shape index (κ3) is 3.40. The van der Waals surface area contributed by atoms with Gasteiger partial charge in [-0.3, -0.25) is 4.79 Å². The third-order valence-corrected chi connectivity index (χ3v) is 3.51. The summed E-state index contributed by atoms with van der Waals surface area (Å²) < 4.78 is 5.15. The topological polar surface area (TPSA) is 75.4 Å². The van der Waals surface area contributed by atoms with Gasteiger partial charge in [-0.2, -0.15) is 0 Å². The molecule has 0 saturated carbocycles. The summed E-state index contributed by atoms with van der Waals surface area (Å²) in [4.78, 5) is 16.1. The molecule has 20 heavy (non-hydrogen) atoms. The van der Waals surface area contributed by atoms with Crippen LogP contribution in [0.1, 0.15) is 23.0 Å². The predicted molar refractivity (Wildman–Crippen MR) is 76.6 cm³/mol. The number of rotatable bonds is 5. The summed E-state index contributed by atoms with van der Waals surface area (Å²) in [5, 5.41) is 13.7. The molecule has 2 aromatic heterocycles. The molecule has 1 amide bonds. The van der Waals surface area contributed by atoms with Gasteiger partial charge < -0.3 is 14.8 Å². The molecule has 0 radical (unpaired) electrons. The van der Waals surface area contributed by atoms with Gasteiger partial charge in [0.1, 0.15) is 11.4 Å². The molecule has 2 N–H and O–H groups in total. The second-order valence-electron chi connectivity index (χ2n) is 4.52. The molecule has 0 aromatic carbocycles. The standard InChI is InChI=1S/C14H16N2O3S/c1-14(18,11-4-3-7-19-11)9-16-13(17)10-5-6-12(20-2)15-8-10/h3-8,18H,9H2,1-2H3,(H,16,17). The van der Waals surface area contributed by atoms with Gasteiger partial charge in [-0.05, 0) is 37.4 Å². The van der Waals surface area contributed by atoms with Gasteiger partial charge in [-0.15, -0.1) is 11.8 Å². The number of hydrogen-bond acceptors (Lipinski definition) is 5. The molecule has 2 aromatic rings. The summed E-state index contributed by atoms with van der Waals surface area (Å²) in [6, 6.07) is 6.84. The molecule has 0 fully saturated rings. The quantitative estimate of drug-likeness (QED) is 0.825. The van der Waals surface area contributed by atoms with Gasteiger partial charge in [0.2, 0.25) is 0 Å². The highest BCUT2D eigenvalue weighted by atomic mass is 32.2. The van der Waals surface area contributed by atoms with E-state index in [4.69, 9.17) is 4.42 Å². The van der Waals surface area contributed by atoms with Crippen molar-refractivity contribution in [2.24, 2.45) is 0 Å². The number of nitrogens with zero attached hydrogens (tertiary/aromatic N) is 1. The highest BCUT2D eigenvalue weighted by Gasteiger charge is 2.26. The van der Waals surface area contributed by atoms with E-state index in [2.05, 4.69) is 10.3 Å². The normalized spacial score (nSPS) is 13.8. The second kappa shape index (κ2) is 6.11. The lowest BCUT2D eigenvalue weighted by Crippen LogP contribution is -2.38. The largest absolute Gasteiger partial charge is 0.466 e. The molecule has 0 aliphatic rings. The maximum Gasteiger partial charge on any atom is 0.252 e. The average molecular weight is 292 g/mol. The molecule has 0 saturated heterocycles. The van der Waals surface area contributed by atoms with Gasteiger partial charge in [0.15, 0.2) is 0 Å². The first-order valence-electron chi connectivity index (χ1n) is 6.07. The minimum Gasteiger partial charge on any atom is -0.466 e. The molecule has 106 valence electrons. The Morgan fingerprint density at radius 3 is 2.85 bits per heavy atom. The molecule has 6 heteroatoms. The number of furan rings is 1. The average Bonchev–Trinajstić information content (AvgIpc) is 3.00. The van der Waals surface area contributed by atoms with Gasteiger partial charge in [0.05, 0.1) is 23.4 Å². The number of amides is 1. The van der Waals surface area contributed by atoms with Crippen LogP contribution >= 0.6 is 11.8 Å². The van der Waals surface area contributed by atoms with Crippen LogP contribution in [0, 0.1) is 0 Å². The Bertz CT molecular complexity index is 565. The molecule has 1 atom stereocenters. The van der Waals surface area contributed by atoms with Gasteiger partial charge in [-0.25, -0.2) is 4.98 Å². The number of pyridine rings is 1. The van der Waals surface area contributed by atoms with Crippen molar-refractivity contribution in [3.8, 4) is 0 Å². The summed E-state index contributed by atoms with van der Waals surface area (Å²) in [5.41, 5.74) is -0.788. The SMILES string of the molecule is CSc1ccc(C(=O)NCC(C)(O)c2ccco2)cn1. The van der Waals surface area contributed by atoms with E-state index >= 15 is 0 Å². The number of thioether (sulfide) groups is 1. The van der Waals surface area contributed by atoms with Crippen LogP contribution in [0.15, 0.2) is 46.2 Å². The predicted octanol–water partition coefficient (Wildman–Crippen LogP) is 2.03. The van der Waals surface area contributed by atoms with Crippen LogP contribution in [0.5, 0.6) is 0 Å². The van der Waals surface area contributed by atoms with E-state index in [1.807, 2.05) is 6.26 Å². The molecule has 1 unspecified atom stereocenters. The number of aromatic nitrogens is 1. The van der Waals surface area contributed by atoms with Crippen molar-refractivity contribution in [1.29, 1.82) is 0 Å². The Morgan fingerprint density at radius 2 is 2.30 bits per heavy atom. The van der Waals surface area contributed by atoms with Crippen LogP contribution in [0.25, 0.3) is 0 Å². The Balaban J connectivity index is 1.98. The van der Waals surface area contributed by atoms with Crippen molar-refractivity contribution in [2.45, 2.75) is 17.6 Å². The maximum absolute atomic E-state index is 12.0. The molecule has 0 aliphatic carbocycles. The Hall–Kier alpha value is -1.79. The minimum absolute atomic E-state index is 0.0592. The Morgan fingerprint density at radius 1 is 1.50 bits per heavy atom. The minimum atomic E-state index is -1.24. The van der Waals surface area contributed by atoms with Crippen LogP contribution < -0.4 is 5.32 Å². The van der Waals surface area contributed by atoms with Crippen LogP contribution in [-0.4, -0.2) is 28.8 Å². The smallest absolute Gasteiger partial charge is 0.252 e. The van der Waals surface area contributed by atoms with E-state index < -0.39 is 5.60 Å². The van der Waals surface area contributed by atoms with E-state index in [0.29, 0.717) is 11.3 Å². The fourth-order valence-corrected chi connectivity index (χ4v) is 2.02. The first-order valence-corrected chi connectivity index (χ1v) is 7.30. The van der Waals surface area contributed by atoms with E-state index in [-0.39, 0.29) is 12.5 Å². The van der Waals surface area contributed by atoms with Crippen LogP contribution in [0.2, 0.25) is 0 Å². The summed E-state index contributed by atoms with van der Waals surface area (Å²) >= 11 is 1.51. The summed E-state index contributed by atoms with van der Waals surface area (Å²) in [7, 11) is 0. The molecular formula is C14H16N2O3S. The zero-order chi connectivity index (χ0) is 14.6. The van der Waals surface area contributed by atoms with Crippen LogP contribution in [0.4, 0.5) is 0 Å². The fraction of sp³-hybridized carbons (Fsp3) is 0.286. The van der Waals surface area contributed by atoms with Crippen molar-refractivity contribution in [3.63, 3.8) is 0 Å². The molecule has 2 heterocycles. The van der Waals surface area contributed by atoms with Gasteiger partial charge in [-0.1, -0.05) is 0 Å². The number of aliphatic hydroxyl groups is 1. The van der Waals surface area contributed by atoms with Crippen molar-refractivity contribution < 1.29 is 14.3 Å². The molecule has 0 spiro atoms. The number of carbonyl (C=O) groups is 1. The number of nitrogens with one attached hydrogen (secondary N) is 1. The van der Waals surface area contributed by atoms with Crippen LogP contribution in [0.3, 0.4) is 0 Å². The lowest BCUT2D eigenvalue weighted by molar-refractivity contribution is 0.0330. The van der Waals surface area contributed by atoms with Crippen LogP contribution in [-0.2, 0) is 5.60 Å². The highest BCUT2D eigenvalue weighted by Crippen LogP contribution is 2.20. The van der Waals surface area contributed by atoms with Gasteiger partial charge >= 0.3 is 0 Å². The van der Waals surface area contributed by atoms with Crippen molar-refractivity contribution in [3.05, 3.63) is 48.0 Å². The van der Waals surface area contributed by atoms with Crippen molar-refractivity contribution in [2.75, 3.05) is 12.8 Å². The first kappa shape index (κ1) is 14.6. The second-order valence-corrected chi connectivity index (χ2v) is 5.35. The summed E-state index contributed by atoms with van der Waals surface area (Å²) in [6.07, 6.45) is 4.92. The molecule has 2 rings (SSSR count). The van der Waals surface area contributed by atoms with Gasteiger partial charge in [0, 0.05) is 6.20 Å². The van der Waals surface area contributed by atoms with E-state index in [0.717, 1.165) is 5.03 Å². The molecule has 5 nitrogen and oxygen atoms in total. The molecular weight excluding hydrogens is 276 g/mol. The first-order chi connectivity index (χ1) is 9.53. The summed E-state index contributed by atoms with van der Waals surface area (Å²) in [5.74, 6) is 0.130. The third-order valence-electron chi connectivity index (χ3n) is 2.85. The summed E-state index contributed by atoms with van der Waals surface area (Å²) in [6.45, 7) is 1.64. The maximum atomic E-state index is 12.0. The fourth-order valence-electron chi connectivity index (χ4n) is 1.66. The van der Waals surface area contributed by atoms with Gasteiger partial charge in [0.25, 0.3) is 5.91 Å². The number of hydrogen-bond donors (Lipinski definition) is 2. The lowest BCUT2D eigenvalue weighted by atomic mass is 10.0. The van der Waals surface area contributed by atoms with E-state index in [1.54, 1.807) is 31.2 Å². The van der Waals surface area contributed by atoms with E-state index in [1.165, 1.54) is 24.2 Å². The van der Waals surface area contributed by atoms with E-state index in [9.17, 15) is 9.90 Å². The zero-order valence-corrected chi connectivity index (χ0v) is 12.1. The van der Waals surface area contributed by atoms with Crippen molar-refractivity contribution >= 4 is 17.7 Å². The Labute approximate surface area is 121 Å². The highest BCUT2D eigenvalue weighted by molar-refractivity contribution is 7.98. The number of carbonyl (C=O) groups excluding carboxylic acids is 1.